The molecule has 2 rings (SSSR count). The number of carbonyl (C=O) groups is 1. The summed E-state index contributed by atoms with van der Waals surface area (Å²) >= 11 is 0. The molecule has 0 aliphatic carbocycles. The van der Waals surface area contributed by atoms with Gasteiger partial charge in [-0.3, -0.25) is 4.79 Å². The van der Waals surface area contributed by atoms with E-state index >= 15 is 0 Å². The van der Waals surface area contributed by atoms with Crippen molar-refractivity contribution in [3.8, 4) is 0 Å². The Morgan fingerprint density at radius 1 is 1.21 bits per heavy atom. The van der Waals surface area contributed by atoms with Crippen LogP contribution in [0, 0.1) is 17.5 Å². The van der Waals surface area contributed by atoms with Crippen LogP contribution < -0.4 is 5.73 Å². The minimum absolute atomic E-state index is 0. The van der Waals surface area contributed by atoms with Gasteiger partial charge in [-0.25, -0.2) is 13.2 Å². The second kappa shape index (κ2) is 7.18. The van der Waals surface area contributed by atoms with Crippen LogP contribution in [0.5, 0.6) is 0 Å². The first-order chi connectivity index (χ1) is 10.5. The van der Waals surface area contributed by atoms with Crippen LogP contribution in [0.15, 0.2) is 12.1 Å². The topological polar surface area (TPSA) is 46.3 Å². The van der Waals surface area contributed by atoms with Crippen molar-refractivity contribution in [2.75, 3.05) is 6.54 Å². The summed E-state index contributed by atoms with van der Waals surface area (Å²) in [6.07, 6.45) is -4.96. The van der Waals surface area contributed by atoms with Crippen LogP contribution >= 0.6 is 12.4 Å². The Morgan fingerprint density at radius 3 is 2.29 bits per heavy atom. The maximum absolute atomic E-state index is 13.9. The Hall–Kier alpha value is -1.48. The lowest BCUT2D eigenvalue weighted by Gasteiger charge is -2.42. The quantitative estimate of drug-likeness (QED) is 0.637. The molecule has 1 saturated heterocycles. The zero-order valence-corrected chi connectivity index (χ0v) is 13.2. The predicted molar refractivity (Wildman–Crippen MR) is 76.1 cm³/mol. The zero-order chi connectivity index (χ0) is 17.5. The van der Waals surface area contributed by atoms with E-state index in [4.69, 9.17) is 5.73 Å². The molecule has 10 heteroatoms. The van der Waals surface area contributed by atoms with Crippen molar-refractivity contribution in [1.29, 1.82) is 0 Å². The van der Waals surface area contributed by atoms with Gasteiger partial charge in [0.2, 0.25) is 5.91 Å². The summed E-state index contributed by atoms with van der Waals surface area (Å²) in [6, 6.07) is -1.26. The molecule has 0 unspecified atom stereocenters. The first-order valence-corrected chi connectivity index (χ1v) is 6.79. The summed E-state index contributed by atoms with van der Waals surface area (Å²) in [6.45, 7) is -0.361. The first kappa shape index (κ1) is 20.6. The average molecular weight is 377 g/mol. The number of hydrogen-bond acceptors (Lipinski definition) is 2. The van der Waals surface area contributed by atoms with E-state index < -0.39 is 59.6 Å². The highest BCUT2D eigenvalue weighted by Gasteiger charge is 2.45. The summed E-state index contributed by atoms with van der Waals surface area (Å²) in [5, 5.41) is 0. The molecule has 1 amide bonds. The van der Waals surface area contributed by atoms with Crippen LogP contribution in [-0.2, 0) is 4.79 Å². The van der Waals surface area contributed by atoms with Crippen LogP contribution in [0.3, 0.4) is 0 Å². The summed E-state index contributed by atoms with van der Waals surface area (Å²) < 4.78 is 79.1. The van der Waals surface area contributed by atoms with Crippen LogP contribution in [0.4, 0.5) is 26.3 Å². The van der Waals surface area contributed by atoms with Gasteiger partial charge in [0.25, 0.3) is 0 Å². The molecule has 136 valence electrons. The molecule has 3 nitrogen and oxygen atoms in total. The lowest BCUT2D eigenvalue weighted by molar-refractivity contribution is -0.170. The highest BCUT2D eigenvalue weighted by Crippen LogP contribution is 2.37. The van der Waals surface area contributed by atoms with Crippen molar-refractivity contribution in [2.45, 2.75) is 37.5 Å². The Kier molecular flexibility index (Phi) is 6.15. The largest absolute Gasteiger partial charge is 0.406 e. The average Bonchev–Trinajstić information content (AvgIpc) is 2.44. The zero-order valence-electron chi connectivity index (χ0n) is 12.4. The third kappa shape index (κ3) is 3.94. The minimum atomic E-state index is -4.69. The van der Waals surface area contributed by atoms with Crippen molar-refractivity contribution in [3.63, 3.8) is 0 Å². The smallest absolute Gasteiger partial charge is 0.329 e. The second-order valence-electron chi connectivity index (χ2n) is 5.53. The fourth-order valence-electron chi connectivity index (χ4n) is 2.86. The molecule has 1 aliphatic rings. The lowest BCUT2D eigenvalue weighted by atomic mass is 9.81. The van der Waals surface area contributed by atoms with Gasteiger partial charge in [-0.1, -0.05) is 0 Å². The number of hydrogen-bond donors (Lipinski definition) is 1. The highest BCUT2D eigenvalue weighted by molar-refractivity contribution is 5.85. The number of nitrogens with two attached hydrogens (primary N) is 1. The van der Waals surface area contributed by atoms with Crippen LogP contribution in [0.1, 0.15) is 24.8 Å². The monoisotopic (exact) mass is 376 g/mol. The lowest BCUT2D eigenvalue weighted by Crippen LogP contribution is -2.57. The predicted octanol–water partition coefficient (Wildman–Crippen LogP) is 3.12. The van der Waals surface area contributed by atoms with Gasteiger partial charge >= 0.3 is 6.18 Å². The molecule has 24 heavy (non-hydrogen) atoms. The van der Waals surface area contributed by atoms with Gasteiger partial charge in [0.05, 0.1) is 6.04 Å². The SMILES string of the molecule is C[C@H]1[C@@H](c2c(F)ccc(F)c2F)C[C@@H](N)C(=O)N1CC(F)(F)F.Cl. The number of rotatable bonds is 2. The molecule has 3 atom stereocenters. The van der Waals surface area contributed by atoms with E-state index in [9.17, 15) is 31.1 Å². The van der Waals surface area contributed by atoms with Gasteiger partial charge in [-0.05, 0) is 25.5 Å². The fraction of sp³-hybridized carbons (Fsp3) is 0.500. The van der Waals surface area contributed by atoms with E-state index in [0.717, 1.165) is 0 Å². The number of nitrogens with zero attached hydrogens (tertiary/aromatic N) is 1. The molecular formula is C14H15ClF6N2O. The second-order valence-corrected chi connectivity index (χ2v) is 5.53. The molecule has 0 spiro atoms. The fourth-order valence-corrected chi connectivity index (χ4v) is 2.86. The van der Waals surface area contributed by atoms with Gasteiger partial charge in [-0.15, -0.1) is 12.4 Å². The first-order valence-electron chi connectivity index (χ1n) is 6.79. The number of amides is 1. The Bertz CT molecular complexity index is 624. The van der Waals surface area contributed by atoms with Crippen LogP contribution in [0.2, 0.25) is 0 Å². The van der Waals surface area contributed by atoms with Gasteiger partial charge in [0.1, 0.15) is 12.4 Å². The Morgan fingerprint density at radius 2 is 1.75 bits per heavy atom. The number of benzene rings is 1. The molecule has 1 aromatic rings. The van der Waals surface area contributed by atoms with E-state index in [2.05, 4.69) is 0 Å². The van der Waals surface area contributed by atoms with Crippen LogP contribution in [0.25, 0.3) is 0 Å². The molecule has 0 saturated carbocycles. The van der Waals surface area contributed by atoms with Crippen molar-refractivity contribution in [2.24, 2.45) is 5.73 Å². The summed E-state index contributed by atoms with van der Waals surface area (Å²) in [4.78, 5) is 12.3. The standard InChI is InChI=1S/C14H14F6N2O.ClH/c1-6-7(11-8(15)2-3-9(16)12(11)17)4-10(21)13(23)22(6)5-14(18,19)20;/h2-3,6-7,10H,4-5,21H2,1H3;1H/t6-,7-,10+;/m0./s1. The number of halogens is 7. The Balaban J connectivity index is 0.00000288. The molecule has 0 bridgehead atoms. The van der Waals surface area contributed by atoms with E-state index in [1.54, 1.807) is 0 Å². The Labute approximate surface area is 140 Å². The van der Waals surface area contributed by atoms with Crippen molar-refractivity contribution in [3.05, 3.63) is 35.1 Å². The molecule has 2 N–H and O–H groups in total. The van der Waals surface area contributed by atoms with Gasteiger partial charge in [-0.2, -0.15) is 13.2 Å². The maximum Gasteiger partial charge on any atom is 0.406 e. The third-order valence-electron chi connectivity index (χ3n) is 3.98. The van der Waals surface area contributed by atoms with Crippen molar-refractivity contribution >= 4 is 18.3 Å². The normalized spacial score (nSPS) is 24.8. The molecule has 0 radical (unpaired) electrons. The van der Waals surface area contributed by atoms with Gasteiger partial charge in [0, 0.05) is 17.5 Å². The maximum atomic E-state index is 13.9. The van der Waals surface area contributed by atoms with Gasteiger partial charge < -0.3 is 10.6 Å². The molecule has 1 fully saturated rings. The summed E-state index contributed by atoms with van der Waals surface area (Å²) in [5.41, 5.74) is 4.83. The van der Waals surface area contributed by atoms with Gasteiger partial charge in [0.15, 0.2) is 11.6 Å². The number of alkyl halides is 3. The minimum Gasteiger partial charge on any atom is -0.329 e. The van der Waals surface area contributed by atoms with E-state index in [1.165, 1.54) is 6.92 Å². The van der Waals surface area contributed by atoms with Crippen molar-refractivity contribution in [1.82, 2.24) is 4.90 Å². The molecule has 0 aromatic heterocycles. The molecular weight excluding hydrogens is 362 g/mol. The molecule has 1 heterocycles. The number of piperidine rings is 1. The van der Waals surface area contributed by atoms with E-state index in [0.29, 0.717) is 17.0 Å². The van der Waals surface area contributed by atoms with E-state index in [1.807, 2.05) is 0 Å². The molecule has 1 aliphatic heterocycles. The number of carbonyl (C=O) groups excluding carboxylic acids is 1. The number of likely N-dealkylation sites (tertiary alicyclic amines) is 1. The summed E-state index contributed by atoms with van der Waals surface area (Å²) in [5.74, 6) is -6.02. The summed E-state index contributed by atoms with van der Waals surface area (Å²) in [7, 11) is 0. The van der Waals surface area contributed by atoms with E-state index in [-0.39, 0.29) is 18.8 Å². The molecule has 1 aromatic carbocycles. The highest BCUT2D eigenvalue weighted by atomic mass is 35.5. The van der Waals surface area contributed by atoms with Crippen molar-refractivity contribution < 1.29 is 31.1 Å². The van der Waals surface area contributed by atoms with Crippen LogP contribution in [-0.4, -0.2) is 35.6 Å². The third-order valence-corrected chi connectivity index (χ3v) is 3.98.